The van der Waals surface area contributed by atoms with Gasteiger partial charge in [-0.15, -0.1) is 0 Å². The minimum atomic E-state index is -0.119. The molecule has 2 aliphatic carbocycles. The van der Waals surface area contributed by atoms with E-state index >= 15 is 0 Å². The van der Waals surface area contributed by atoms with Crippen LogP contribution in [0.2, 0.25) is 0 Å². The summed E-state index contributed by atoms with van der Waals surface area (Å²) in [4.78, 5) is 0. The van der Waals surface area contributed by atoms with Crippen molar-refractivity contribution in [3.63, 3.8) is 0 Å². The fraction of sp³-hybridized carbons (Fsp3) is 0.692. The van der Waals surface area contributed by atoms with Crippen LogP contribution < -0.4 is 0 Å². The zero-order valence-corrected chi connectivity index (χ0v) is 17.3. The van der Waals surface area contributed by atoms with Gasteiger partial charge in [0.2, 0.25) is 0 Å². The molecule has 1 aromatic rings. The summed E-state index contributed by atoms with van der Waals surface area (Å²) < 4.78 is 13.1. The van der Waals surface area contributed by atoms with Crippen molar-refractivity contribution in [1.82, 2.24) is 0 Å². The van der Waals surface area contributed by atoms with Crippen molar-refractivity contribution in [2.75, 3.05) is 0 Å². The Morgan fingerprint density at radius 3 is 1.96 bits per heavy atom. The molecule has 0 saturated heterocycles. The van der Waals surface area contributed by atoms with Crippen LogP contribution in [-0.2, 0) is 0 Å². The van der Waals surface area contributed by atoms with Gasteiger partial charge >= 0.3 is 0 Å². The Morgan fingerprint density at radius 2 is 1.37 bits per heavy atom. The van der Waals surface area contributed by atoms with Gasteiger partial charge in [0.1, 0.15) is 5.82 Å². The highest BCUT2D eigenvalue weighted by atomic mass is 19.1. The molecule has 150 valence electrons. The predicted molar refractivity (Wildman–Crippen MR) is 114 cm³/mol. The lowest BCUT2D eigenvalue weighted by Crippen LogP contribution is -2.14. The number of hydrogen-bond acceptors (Lipinski definition) is 0. The highest BCUT2D eigenvalue weighted by Gasteiger charge is 2.22. The second kappa shape index (κ2) is 11.0. The lowest BCUT2D eigenvalue weighted by Gasteiger charge is -2.29. The molecule has 2 aliphatic rings. The first-order valence-electron chi connectivity index (χ1n) is 11.7. The van der Waals surface area contributed by atoms with E-state index in [9.17, 15) is 4.39 Å². The molecule has 27 heavy (non-hydrogen) atoms. The maximum absolute atomic E-state index is 13.1. The zero-order chi connectivity index (χ0) is 18.9. The number of allylic oxidation sites excluding steroid dienone is 2. The van der Waals surface area contributed by atoms with Crippen LogP contribution in [-0.4, -0.2) is 0 Å². The van der Waals surface area contributed by atoms with Gasteiger partial charge in [-0.2, -0.15) is 0 Å². The van der Waals surface area contributed by atoms with Gasteiger partial charge in [-0.3, -0.25) is 0 Å². The third-order valence-electron chi connectivity index (χ3n) is 7.13. The smallest absolute Gasteiger partial charge is 0.123 e. The Morgan fingerprint density at radius 1 is 0.778 bits per heavy atom. The lowest BCUT2D eigenvalue weighted by atomic mass is 9.77. The molecular weight excluding hydrogens is 331 g/mol. The quantitative estimate of drug-likeness (QED) is 0.318. The fourth-order valence-electron chi connectivity index (χ4n) is 5.22. The minimum absolute atomic E-state index is 0.119. The Bertz CT molecular complexity index is 542. The SMILES string of the molecule is CCCCCCC1CCC(C=CC2CCC(c3ccc(F)cc3)CC2)CC1. The molecule has 0 aromatic heterocycles. The van der Waals surface area contributed by atoms with Crippen molar-refractivity contribution in [3.8, 4) is 0 Å². The molecular formula is C26H39F. The Kier molecular flexibility index (Phi) is 8.42. The van der Waals surface area contributed by atoms with Crippen LogP contribution in [0, 0.1) is 23.6 Å². The number of benzene rings is 1. The maximum atomic E-state index is 13.1. The first-order valence-corrected chi connectivity index (χ1v) is 11.7. The van der Waals surface area contributed by atoms with E-state index in [1.54, 1.807) is 12.1 Å². The number of halogens is 1. The third kappa shape index (κ3) is 6.77. The van der Waals surface area contributed by atoms with Crippen LogP contribution in [0.4, 0.5) is 4.39 Å². The van der Waals surface area contributed by atoms with Crippen LogP contribution in [0.3, 0.4) is 0 Å². The van der Waals surface area contributed by atoms with E-state index in [4.69, 9.17) is 0 Å². The largest absolute Gasteiger partial charge is 0.207 e. The minimum Gasteiger partial charge on any atom is -0.207 e. The summed E-state index contributed by atoms with van der Waals surface area (Å²) in [6.07, 6.45) is 23.1. The normalized spacial score (nSPS) is 29.3. The summed E-state index contributed by atoms with van der Waals surface area (Å²) >= 11 is 0. The van der Waals surface area contributed by atoms with Crippen molar-refractivity contribution in [2.45, 2.75) is 96.3 Å². The summed E-state index contributed by atoms with van der Waals surface area (Å²) in [5.41, 5.74) is 1.33. The summed E-state index contributed by atoms with van der Waals surface area (Å²) in [5.74, 6) is 3.14. The van der Waals surface area contributed by atoms with Crippen LogP contribution in [0.25, 0.3) is 0 Å². The standard InChI is InChI=1S/C26H39F/c1-2-3-4-5-6-21-7-9-22(10-8-21)11-12-23-13-15-24(16-14-23)25-17-19-26(27)20-18-25/h11-12,17-24H,2-10,13-16H2,1H3. The van der Waals surface area contributed by atoms with Crippen molar-refractivity contribution in [1.29, 1.82) is 0 Å². The lowest BCUT2D eigenvalue weighted by molar-refractivity contribution is 0.287. The summed E-state index contributed by atoms with van der Waals surface area (Å²) in [6.45, 7) is 2.30. The van der Waals surface area contributed by atoms with Gasteiger partial charge in [0.25, 0.3) is 0 Å². The predicted octanol–water partition coefficient (Wildman–Crippen LogP) is 8.43. The summed E-state index contributed by atoms with van der Waals surface area (Å²) in [7, 11) is 0. The molecule has 0 nitrogen and oxygen atoms in total. The highest BCUT2D eigenvalue weighted by Crippen LogP contribution is 2.37. The summed E-state index contributed by atoms with van der Waals surface area (Å²) in [6, 6.07) is 7.19. The van der Waals surface area contributed by atoms with Crippen LogP contribution in [0.15, 0.2) is 36.4 Å². The molecule has 0 bridgehead atoms. The summed E-state index contributed by atoms with van der Waals surface area (Å²) in [5, 5.41) is 0. The van der Waals surface area contributed by atoms with Gasteiger partial charge in [-0.25, -0.2) is 4.39 Å². The van der Waals surface area contributed by atoms with Crippen LogP contribution in [0.5, 0.6) is 0 Å². The molecule has 0 radical (unpaired) electrons. The molecule has 0 atom stereocenters. The molecule has 1 aromatic carbocycles. The molecule has 3 rings (SSSR count). The van der Waals surface area contributed by atoms with E-state index in [1.165, 1.54) is 89.0 Å². The van der Waals surface area contributed by atoms with E-state index in [2.05, 4.69) is 19.1 Å². The van der Waals surface area contributed by atoms with Gasteiger partial charge in [0.15, 0.2) is 0 Å². The van der Waals surface area contributed by atoms with Crippen molar-refractivity contribution in [3.05, 3.63) is 47.8 Å². The van der Waals surface area contributed by atoms with Gasteiger partial charge in [0.05, 0.1) is 0 Å². The molecule has 0 heterocycles. The molecule has 0 aliphatic heterocycles. The monoisotopic (exact) mass is 370 g/mol. The van der Waals surface area contributed by atoms with Gasteiger partial charge < -0.3 is 0 Å². The fourth-order valence-corrected chi connectivity index (χ4v) is 5.22. The maximum Gasteiger partial charge on any atom is 0.123 e. The number of unbranched alkanes of at least 4 members (excludes halogenated alkanes) is 3. The highest BCUT2D eigenvalue weighted by molar-refractivity contribution is 5.21. The molecule has 0 N–H and O–H groups in total. The van der Waals surface area contributed by atoms with Crippen molar-refractivity contribution >= 4 is 0 Å². The molecule has 2 saturated carbocycles. The first-order chi connectivity index (χ1) is 13.2. The number of hydrogen-bond donors (Lipinski definition) is 0. The van der Waals surface area contributed by atoms with E-state index in [0.29, 0.717) is 5.92 Å². The Balaban J connectivity index is 1.33. The van der Waals surface area contributed by atoms with Crippen LogP contribution in [0.1, 0.15) is 102 Å². The average Bonchev–Trinajstić information content (AvgIpc) is 2.72. The van der Waals surface area contributed by atoms with Crippen molar-refractivity contribution < 1.29 is 4.39 Å². The molecule has 2 fully saturated rings. The number of rotatable bonds is 8. The molecule has 0 amide bonds. The third-order valence-corrected chi connectivity index (χ3v) is 7.13. The Labute approximate surface area is 166 Å². The van der Waals surface area contributed by atoms with Crippen molar-refractivity contribution in [2.24, 2.45) is 17.8 Å². The second-order valence-corrected chi connectivity index (χ2v) is 9.18. The van der Waals surface area contributed by atoms with E-state index in [1.807, 2.05) is 12.1 Å². The molecule has 1 heteroatoms. The van der Waals surface area contributed by atoms with Gasteiger partial charge in [0, 0.05) is 0 Å². The van der Waals surface area contributed by atoms with E-state index in [-0.39, 0.29) is 5.82 Å². The Hall–Kier alpha value is -1.11. The van der Waals surface area contributed by atoms with E-state index in [0.717, 1.165) is 17.8 Å². The van der Waals surface area contributed by atoms with Gasteiger partial charge in [-0.05, 0) is 92.7 Å². The van der Waals surface area contributed by atoms with E-state index < -0.39 is 0 Å². The van der Waals surface area contributed by atoms with Gasteiger partial charge in [-0.1, -0.05) is 63.3 Å². The second-order valence-electron chi connectivity index (χ2n) is 9.18. The zero-order valence-electron chi connectivity index (χ0n) is 17.3. The average molecular weight is 371 g/mol. The molecule has 0 unspecified atom stereocenters. The first kappa shape index (κ1) is 20.6. The van der Waals surface area contributed by atoms with Crippen LogP contribution >= 0.6 is 0 Å². The topological polar surface area (TPSA) is 0 Å². The molecule has 0 spiro atoms.